The summed E-state index contributed by atoms with van der Waals surface area (Å²) in [4.78, 5) is 11.5. The van der Waals surface area contributed by atoms with Crippen LogP contribution in [-0.2, 0) is 9.53 Å². The van der Waals surface area contributed by atoms with Gasteiger partial charge in [0, 0.05) is 0 Å². The Balaban J connectivity index is 4.81. The first kappa shape index (κ1) is 15.5. The third-order valence-corrected chi connectivity index (χ3v) is 3.51. The van der Waals surface area contributed by atoms with Crippen molar-refractivity contribution in [2.75, 3.05) is 7.11 Å². The van der Waals surface area contributed by atoms with E-state index in [4.69, 9.17) is 4.74 Å². The van der Waals surface area contributed by atoms with E-state index in [1.54, 1.807) is 0 Å². The van der Waals surface area contributed by atoms with Gasteiger partial charge < -0.3 is 4.74 Å². The number of esters is 1. The fraction of sp³-hybridized carbons (Fsp3) is 0.929. The smallest absolute Gasteiger partial charge is 0.306 e. The van der Waals surface area contributed by atoms with Gasteiger partial charge in [-0.05, 0) is 23.2 Å². The Morgan fingerprint density at radius 3 is 2.06 bits per heavy atom. The second kappa shape index (κ2) is 5.70. The molecule has 0 aliphatic rings. The molecule has 0 rings (SSSR count). The van der Waals surface area contributed by atoms with E-state index in [2.05, 4.69) is 41.5 Å². The summed E-state index contributed by atoms with van der Waals surface area (Å²) in [5.41, 5.74) is 0.284. The molecule has 2 heteroatoms. The van der Waals surface area contributed by atoms with Gasteiger partial charge in [-0.25, -0.2) is 0 Å². The molecule has 2 nitrogen and oxygen atoms in total. The van der Waals surface area contributed by atoms with E-state index < -0.39 is 0 Å². The fourth-order valence-corrected chi connectivity index (χ4v) is 2.52. The highest BCUT2D eigenvalue weighted by Gasteiger charge is 2.36. The Labute approximate surface area is 101 Å². The summed E-state index contributed by atoms with van der Waals surface area (Å²) in [6.45, 7) is 13.3. The Morgan fingerprint density at radius 2 is 1.75 bits per heavy atom. The Hall–Kier alpha value is -0.530. The van der Waals surface area contributed by atoms with Crippen LogP contribution in [-0.4, -0.2) is 13.1 Å². The lowest BCUT2D eigenvalue weighted by Crippen LogP contribution is -2.33. The van der Waals surface area contributed by atoms with Gasteiger partial charge in [0.05, 0.1) is 13.5 Å². The van der Waals surface area contributed by atoms with Crippen molar-refractivity contribution in [2.45, 2.75) is 60.8 Å². The van der Waals surface area contributed by atoms with Gasteiger partial charge in [0.1, 0.15) is 0 Å². The monoisotopic (exact) mass is 228 g/mol. The van der Waals surface area contributed by atoms with Crippen LogP contribution in [0.2, 0.25) is 0 Å². The van der Waals surface area contributed by atoms with E-state index in [9.17, 15) is 4.79 Å². The Bertz CT molecular complexity index is 227. The molecule has 2 unspecified atom stereocenters. The molecule has 0 aromatic heterocycles. The van der Waals surface area contributed by atoms with Crippen molar-refractivity contribution in [1.82, 2.24) is 0 Å². The number of carbonyl (C=O) groups excluding carboxylic acids is 1. The zero-order valence-electron chi connectivity index (χ0n) is 12.0. The molecule has 2 atom stereocenters. The zero-order chi connectivity index (χ0) is 13.0. The molecular formula is C14H28O2. The van der Waals surface area contributed by atoms with Gasteiger partial charge in [0.15, 0.2) is 0 Å². The molecule has 0 spiro atoms. The molecule has 0 aromatic rings. The molecule has 0 fully saturated rings. The van der Waals surface area contributed by atoms with Crippen molar-refractivity contribution in [1.29, 1.82) is 0 Å². The minimum Gasteiger partial charge on any atom is -0.469 e. The molecule has 0 saturated carbocycles. The maximum atomic E-state index is 11.5. The van der Waals surface area contributed by atoms with Crippen LogP contribution in [0.5, 0.6) is 0 Å². The van der Waals surface area contributed by atoms with E-state index in [0.717, 1.165) is 12.8 Å². The maximum absolute atomic E-state index is 11.5. The number of ether oxygens (including phenoxy) is 1. The van der Waals surface area contributed by atoms with Crippen molar-refractivity contribution in [3.05, 3.63) is 0 Å². The van der Waals surface area contributed by atoms with Gasteiger partial charge in [-0.1, -0.05) is 48.0 Å². The van der Waals surface area contributed by atoms with Gasteiger partial charge in [0.25, 0.3) is 0 Å². The van der Waals surface area contributed by atoms with Crippen molar-refractivity contribution in [3.63, 3.8) is 0 Å². The SMILES string of the molecule is CCC(C)C(C)(CC(=O)OC)CC(C)(C)C. The summed E-state index contributed by atoms with van der Waals surface area (Å²) in [7, 11) is 1.47. The highest BCUT2D eigenvalue weighted by Crippen LogP contribution is 2.43. The lowest BCUT2D eigenvalue weighted by atomic mass is 9.65. The van der Waals surface area contributed by atoms with Crippen LogP contribution >= 0.6 is 0 Å². The summed E-state index contributed by atoms with van der Waals surface area (Å²) in [6.07, 6.45) is 2.67. The van der Waals surface area contributed by atoms with Crippen molar-refractivity contribution in [2.24, 2.45) is 16.7 Å². The zero-order valence-corrected chi connectivity index (χ0v) is 12.0. The first-order valence-corrected chi connectivity index (χ1v) is 6.21. The molecule has 0 saturated heterocycles. The molecule has 0 aliphatic carbocycles. The third-order valence-electron chi connectivity index (χ3n) is 3.51. The van der Waals surface area contributed by atoms with Gasteiger partial charge in [-0.3, -0.25) is 4.79 Å². The average molecular weight is 228 g/mol. The van der Waals surface area contributed by atoms with Gasteiger partial charge in [-0.2, -0.15) is 0 Å². The molecule has 0 radical (unpaired) electrons. The molecule has 16 heavy (non-hydrogen) atoms. The molecule has 0 amide bonds. The Morgan fingerprint density at radius 1 is 1.25 bits per heavy atom. The molecule has 0 N–H and O–H groups in total. The molecule has 0 aliphatic heterocycles. The van der Waals surface area contributed by atoms with Crippen LogP contribution in [0.4, 0.5) is 0 Å². The number of carbonyl (C=O) groups is 1. The third kappa shape index (κ3) is 5.00. The van der Waals surface area contributed by atoms with Crippen molar-refractivity contribution in [3.8, 4) is 0 Å². The van der Waals surface area contributed by atoms with Gasteiger partial charge in [0.2, 0.25) is 0 Å². The summed E-state index contributed by atoms with van der Waals surface area (Å²) in [5, 5.41) is 0. The summed E-state index contributed by atoms with van der Waals surface area (Å²) in [5.74, 6) is 0.442. The van der Waals surface area contributed by atoms with Crippen LogP contribution in [0.15, 0.2) is 0 Å². The first-order chi connectivity index (χ1) is 7.14. The average Bonchev–Trinajstić information content (AvgIpc) is 2.13. The highest BCUT2D eigenvalue weighted by atomic mass is 16.5. The quantitative estimate of drug-likeness (QED) is 0.664. The van der Waals surface area contributed by atoms with E-state index in [-0.39, 0.29) is 16.8 Å². The van der Waals surface area contributed by atoms with Crippen LogP contribution in [0.1, 0.15) is 60.8 Å². The molecule has 0 heterocycles. The molecular weight excluding hydrogens is 200 g/mol. The first-order valence-electron chi connectivity index (χ1n) is 6.21. The standard InChI is InChI=1S/C14H28O2/c1-8-11(2)14(6,9-12(15)16-7)10-13(3,4)5/h11H,8-10H2,1-7H3. The van der Waals surface area contributed by atoms with Crippen LogP contribution in [0.3, 0.4) is 0 Å². The summed E-state index contributed by atoms with van der Waals surface area (Å²) >= 11 is 0. The van der Waals surface area contributed by atoms with Crippen LogP contribution in [0, 0.1) is 16.7 Å². The minimum atomic E-state index is -0.0907. The lowest BCUT2D eigenvalue weighted by molar-refractivity contribution is -0.144. The fourth-order valence-electron chi connectivity index (χ4n) is 2.52. The van der Waals surface area contributed by atoms with E-state index in [1.807, 2.05) is 0 Å². The normalized spacial score (nSPS) is 17.7. The Kier molecular flexibility index (Phi) is 5.51. The van der Waals surface area contributed by atoms with E-state index >= 15 is 0 Å². The lowest BCUT2D eigenvalue weighted by Gasteiger charge is -2.39. The molecule has 0 bridgehead atoms. The number of methoxy groups -OCH3 is 1. The predicted molar refractivity (Wildman–Crippen MR) is 68.3 cm³/mol. The van der Waals surface area contributed by atoms with Crippen molar-refractivity contribution >= 4 is 5.97 Å². The number of rotatable bonds is 5. The largest absolute Gasteiger partial charge is 0.469 e. The van der Waals surface area contributed by atoms with E-state index in [0.29, 0.717) is 12.3 Å². The summed E-state index contributed by atoms with van der Waals surface area (Å²) < 4.78 is 4.82. The van der Waals surface area contributed by atoms with Gasteiger partial charge in [-0.15, -0.1) is 0 Å². The highest BCUT2D eigenvalue weighted by molar-refractivity contribution is 5.70. The van der Waals surface area contributed by atoms with Gasteiger partial charge >= 0.3 is 5.97 Å². The molecule has 96 valence electrons. The minimum absolute atomic E-state index is 0.0418. The van der Waals surface area contributed by atoms with Crippen LogP contribution < -0.4 is 0 Å². The second-order valence-electron chi connectivity index (χ2n) is 6.45. The predicted octanol–water partition coefficient (Wildman–Crippen LogP) is 4.04. The summed E-state index contributed by atoms with van der Waals surface area (Å²) in [6, 6.07) is 0. The molecule has 0 aromatic carbocycles. The van der Waals surface area contributed by atoms with E-state index in [1.165, 1.54) is 7.11 Å². The number of hydrogen-bond acceptors (Lipinski definition) is 2. The topological polar surface area (TPSA) is 26.3 Å². The number of hydrogen-bond donors (Lipinski definition) is 0. The van der Waals surface area contributed by atoms with Crippen LogP contribution in [0.25, 0.3) is 0 Å². The second-order valence-corrected chi connectivity index (χ2v) is 6.45. The maximum Gasteiger partial charge on any atom is 0.306 e. The van der Waals surface area contributed by atoms with Crippen molar-refractivity contribution < 1.29 is 9.53 Å².